The molecule has 1 aromatic carbocycles. The van der Waals surface area contributed by atoms with Gasteiger partial charge in [-0.15, -0.1) is 6.58 Å². The monoisotopic (exact) mass is 274 g/mol. The maximum absolute atomic E-state index is 11.7. The third-order valence-electron chi connectivity index (χ3n) is 3.80. The fourth-order valence-corrected chi connectivity index (χ4v) is 2.73. The number of rotatable bonds is 4. The third kappa shape index (κ3) is 3.02. The molecule has 0 bridgehead atoms. The molecule has 1 aliphatic heterocycles. The number of hydrogen-bond donors (Lipinski definition) is 0. The highest BCUT2D eigenvalue weighted by molar-refractivity contribution is 5.73. The van der Waals surface area contributed by atoms with Crippen LogP contribution < -0.4 is 4.74 Å². The minimum Gasteiger partial charge on any atom is -0.496 e. The normalized spacial score (nSPS) is 19.7. The first-order valence-electron chi connectivity index (χ1n) is 6.90. The Morgan fingerprint density at radius 2 is 2.20 bits per heavy atom. The van der Waals surface area contributed by atoms with Crippen molar-refractivity contribution in [2.75, 3.05) is 33.3 Å². The molecule has 4 heteroatoms. The van der Waals surface area contributed by atoms with E-state index < -0.39 is 0 Å². The molecule has 1 saturated heterocycles. The van der Waals surface area contributed by atoms with Gasteiger partial charge in [0.15, 0.2) is 0 Å². The van der Waals surface area contributed by atoms with Crippen LogP contribution in [0.5, 0.6) is 5.75 Å². The van der Waals surface area contributed by atoms with Crippen LogP contribution in [0, 0.1) is 0 Å². The first-order valence-corrected chi connectivity index (χ1v) is 6.90. The molecule has 0 saturated carbocycles. The van der Waals surface area contributed by atoms with Crippen molar-refractivity contribution in [3.63, 3.8) is 0 Å². The molecule has 2 rings (SSSR count). The number of piperazine rings is 1. The van der Waals surface area contributed by atoms with Crippen LogP contribution in [0.4, 0.5) is 0 Å². The molecule has 0 aliphatic carbocycles. The summed E-state index contributed by atoms with van der Waals surface area (Å²) in [5, 5.41) is 0. The lowest BCUT2D eigenvalue weighted by Gasteiger charge is -2.41. The highest BCUT2D eigenvalue weighted by Crippen LogP contribution is 2.31. The van der Waals surface area contributed by atoms with Crippen LogP contribution in [0.2, 0.25) is 0 Å². The van der Waals surface area contributed by atoms with Gasteiger partial charge in [-0.1, -0.05) is 24.3 Å². The Kier molecular flexibility index (Phi) is 4.79. The van der Waals surface area contributed by atoms with Gasteiger partial charge in [-0.25, -0.2) is 0 Å². The first kappa shape index (κ1) is 14.6. The second kappa shape index (κ2) is 6.57. The van der Waals surface area contributed by atoms with Crippen LogP contribution in [0.1, 0.15) is 18.5 Å². The smallest absolute Gasteiger partial charge is 0.219 e. The Labute approximate surface area is 120 Å². The van der Waals surface area contributed by atoms with Gasteiger partial charge in [-0.3, -0.25) is 9.69 Å². The number of hydrogen-bond acceptors (Lipinski definition) is 3. The highest BCUT2D eigenvalue weighted by Gasteiger charge is 2.30. The van der Waals surface area contributed by atoms with Crippen LogP contribution in [0.15, 0.2) is 36.9 Å². The molecular weight excluding hydrogens is 252 g/mol. The summed E-state index contributed by atoms with van der Waals surface area (Å²) in [7, 11) is 1.68. The Morgan fingerprint density at radius 3 is 2.85 bits per heavy atom. The van der Waals surface area contributed by atoms with E-state index in [1.165, 1.54) is 0 Å². The van der Waals surface area contributed by atoms with E-state index in [0.29, 0.717) is 6.54 Å². The topological polar surface area (TPSA) is 32.8 Å². The molecule has 1 heterocycles. The van der Waals surface area contributed by atoms with Gasteiger partial charge in [-0.2, -0.15) is 0 Å². The molecule has 0 spiro atoms. The molecule has 0 radical (unpaired) electrons. The number of carbonyl (C=O) groups is 1. The molecule has 1 fully saturated rings. The average molecular weight is 274 g/mol. The van der Waals surface area contributed by atoms with Crippen molar-refractivity contribution in [3.8, 4) is 5.75 Å². The van der Waals surface area contributed by atoms with Crippen molar-refractivity contribution in [2.45, 2.75) is 13.0 Å². The summed E-state index contributed by atoms with van der Waals surface area (Å²) in [5.74, 6) is 1.00. The summed E-state index contributed by atoms with van der Waals surface area (Å²) in [5.41, 5.74) is 1.13. The quantitative estimate of drug-likeness (QED) is 0.788. The van der Waals surface area contributed by atoms with E-state index in [0.717, 1.165) is 30.9 Å². The lowest BCUT2D eigenvalue weighted by atomic mass is 10.0. The number of methoxy groups -OCH3 is 1. The van der Waals surface area contributed by atoms with Crippen LogP contribution in [0.25, 0.3) is 0 Å². The van der Waals surface area contributed by atoms with Crippen LogP contribution in [-0.2, 0) is 4.79 Å². The van der Waals surface area contributed by atoms with Gasteiger partial charge in [0.05, 0.1) is 13.2 Å². The van der Waals surface area contributed by atoms with E-state index >= 15 is 0 Å². The standard InChI is InChI=1S/C16H22N2O2/c1-4-9-17-10-11-18(13(2)19)12-15(17)14-7-5-6-8-16(14)20-3/h4-8,15H,1,9-12H2,2-3H3. The number of carbonyl (C=O) groups excluding carboxylic acids is 1. The fraction of sp³-hybridized carbons (Fsp3) is 0.438. The Bertz CT molecular complexity index is 487. The number of nitrogens with zero attached hydrogens (tertiary/aromatic N) is 2. The zero-order valence-corrected chi connectivity index (χ0v) is 12.2. The minimum atomic E-state index is 0.128. The van der Waals surface area contributed by atoms with E-state index in [4.69, 9.17) is 4.74 Å². The van der Waals surface area contributed by atoms with E-state index in [9.17, 15) is 4.79 Å². The Balaban J connectivity index is 2.30. The largest absolute Gasteiger partial charge is 0.496 e. The van der Waals surface area contributed by atoms with Gasteiger partial charge < -0.3 is 9.64 Å². The van der Waals surface area contributed by atoms with Gasteiger partial charge in [-0.05, 0) is 6.07 Å². The Hall–Kier alpha value is -1.81. The van der Waals surface area contributed by atoms with E-state index in [1.807, 2.05) is 29.2 Å². The van der Waals surface area contributed by atoms with Crippen LogP contribution >= 0.6 is 0 Å². The summed E-state index contributed by atoms with van der Waals surface area (Å²) >= 11 is 0. The molecule has 1 amide bonds. The lowest BCUT2D eigenvalue weighted by Crippen LogP contribution is -2.49. The maximum atomic E-state index is 11.7. The third-order valence-corrected chi connectivity index (χ3v) is 3.80. The second-order valence-corrected chi connectivity index (χ2v) is 5.01. The number of ether oxygens (including phenoxy) is 1. The molecule has 0 N–H and O–H groups in total. The van der Waals surface area contributed by atoms with E-state index in [1.54, 1.807) is 14.0 Å². The minimum absolute atomic E-state index is 0.128. The SMILES string of the molecule is C=CCN1CCN(C(C)=O)CC1c1ccccc1OC. The number of amides is 1. The summed E-state index contributed by atoms with van der Waals surface area (Å²) in [6.45, 7) is 8.59. The van der Waals surface area contributed by atoms with Crippen molar-refractivity contribution in [1.29, 1.82) is 0 Å². The van der Waals surface area contributed by atoms with Gasteiger partial charge in [0.2, 0.25) is 5.91 Å². The first-order chi connectivity index (χ1) is 9.67. The molecule has 1 aromatic rings. The van der Waals surface area contributed by atoms with Crippen molar-refractivity contribution in [3.05, 3.63) is 42.5 Å². The summed E-state index contributed by atoms with van der Waals surface area (Å²) in [6, 6.07) is 8.17. The van der Waals surface area contributed by atoms with Crippen molar-refractivity contribution < 1.29 is 9.53 Å². The van der Waals surface area contributed by atoms with Crippen LogP contribution in [-0.4, -0.2) is 49.0 Å². The van der Waals surface area contributed by atoms with Gasteiger partial charge in [0.25, 0.3) is 0 Å². The lowest BCUT2D eigenvalue weighted by molar-refractivity contribution is -0.131. The van der Waals surface area contributed by atoms with Crippen molar-refractivity contribution >= 4 is 5.91 Å². The second-order valence-electron chi connectivity index (χ2n) is 5.01. The summed E-state index contributed by atoms with van der Waals surface area (Å²) in [4.78, 5) is 15.9. The predicted molar refractivity (Wildman–Crippen MR) is 79.8 cm³/mol. The molecule has 1 aliphatic rings. The molecule has 4 nitrogen and oxygen atoms in total. The average Bonchev–Trinajstić information content (AvgIpc) is 2.47. The maximum Gasteiger partial charge on any atom is 0.219 e. The molecule has 108 valence electrons. The Morgan fingerprint density at radius 1 is 1.45 bits per heavy atom. The van der Waals surface area contributed by atoms with Gasteiger partial charge >= 0.3 is 0 Å². The van der Waals surface area contributed by atoms with E-state index in [2.05, 4.69) is 17.5 Å². The number of benzene rings is 1. The molecular formula is C16H22N2O2. The van der Waals surface area contributed by atoms with Gasteiger partial charge in [0, 0.05) is 38.7 Å². The molecule has 1 unspecified atom stereocenters. The van der Waals surface area contributed by atoms with E-state index in [-0.39, 0.29) is 11.9 Å². The zero-order chi connectivity index (χ0) is 14.5. The number of para-hydroxylation sites is 1. The van der Waals surface area contributed by atoms with Crippen LogP contribution in [0.3, 0.4) is 0 Å². The summed E-state index contributed by atoms with van der Waals surface area (Å²) in [6.07, 6.45) is 1.91. The molecule has 1 atom stereocenters. The van der Waals surface area contributed by atoms with Gasteiger partial charge in [0.1, 0.15) is 5.75 Å². The van der Waals surface area contributed by atoms with Crippen molar-refractivity contribution in [1.82, 2.24) is 9.80 Å². The zero-order valence-electron chi connectivity index (χ0n) is 12.2. The predicted octanol–water partition coefficient (Wildman–Crippen LogP) is 2.09. The highest BCUT2D eigenvalue weighted by atomic mass is 16.5. The van der Waals surface area contributed by atoms with Crippen molar-refractivity contribution in [2.24, 2.45) is 0 Å². The summed E-state index contributed by atoms with van der Waals surface area (Å²) < 4.78 is 5.46. The molecule has 20 heavy (non-hydrogen) atoms. The fourth-order valence-electron chi connectivity index (χ4n) is 2.73. The molecule has 0 aromatic heterocycles.